The van der Waals surface area contributed by atoms with Crippen molar-refractivity contribution in [2.75, 3.05) is 5.32 Å². The number of para-hydroxylation sites is 1. The summed E-state index contributed by atoms with van der Waals surface area (Å²) in [7, 11) is 0. The molecule has 3 rings (SSSR count). The van der Waals surface area contributed by atoms with Gasteiger partial charge >= 0.3 is 0 Å². The highest BCUT2D eigenvalue weighted by atomic mass is 35.5. The second-order valence-corrected chi connectivity index (χ2v) is 4.85. The van der Waals surface area contributed by atoms with Gasteiger partial charge in [0.1, 0.15) is 5.82 Å². The Hall–Kier alpha value is -2.20. The SMILES string of the molecule is CC(Nc1nc(Cl)nc2ccccc12)c1cccnc1. The van der Waals surface area contributed by atoms with Crippen molar-refractivity contribution < 1.29 is 0 Å². The molecule has 0 aliphatic rings. The van der Waals surface area contributed by atoms with E-state index in [0.29, 0.717) is 0 Å². The first kappa shape index (κ1) is 12.8. The van der Waals surface area contributed by atoms with Crippen LogP contribution in [0.2, 0.25) is 5.28 Å². The molecule has 2 aromatic heterocycles. The molecule has 1 N–H and O–H groups in total. The second kappa shape index (κ2) is 5.43. The van der Waals surface area contributed by atoms with Crippen LogP contribution < -0.4 is 5.32 Å². The van der Waals surface area contributed by atoms with E-state index >= 15 is 0 Å². The summed E-state index contributed by atoms with van der Waals surface area (Å²) in [6, 6.07) is 11.8. The van der Waals surface area contributed by atoms with Crippen LogP contribution in [0.1, 0.15) is 18.5 Å². The molecule has 1 unspecified atom stereocenters. The predicted molar refractivity (Wildman–Crippen MR) is 80.8 cm³/mol. The fourth-order valence-electron chi connectivity index (χ4n) is 2.08. The van der Waals surface area contributed by atoms with Crippen molar-refractivity contribution in [1.82, 2.24) is 15.0 Å². The third kappa shape index (κ3) is 2.56. The first-order valence-electron chi connectivity index (χ1n) is 6.33. The van der Waals surface area contributed by atoms with E-state index in [-0.39, 0.29) is 11.3 Å². The number of rotatable bonds is 3. The number of nitrogens with one attached hydrogen (secondary N) is 1. The predicted octanol–water partition coefficient (Wildman–Crippen LogP) is 3.85. The molecule has 2 heterocycles. The smallest absolute Gasteiger partial charge is 0.224 e. The Morgan fingerprint density at radius 3 is 2.75 bits per heavy atom. The van der Waals surface area contributed by atoms with E-state index in [2.05, 4.69) is 27.2 Å². The summed E-state index contributed by atoms with van der Waals surface area (Å²) in [5.74, 6) is 0.733. The molecule has 3 aromatic rings. The summed E-state index contributed by atoms with van der Waals surface area (Å²) in [4.78, 5) is 12.6. The van der Waals surface area contributed by atoms with Crippen LogP contribution in [0.4, 0.5) is 5.82 Å². The van der Waals surface area contributed by atoms with E-state index in [1.807, 2.05) is 42.6 Å². The molecule has 0 amide bonds. The third-order valence-electron chi connectivity index (χ3n) is 3.11. The van der Waals surface area contributed by atoms with Crippen molar-refractivity contribution >= 4 is 28.3 Å². The molecule has 20 heavy (non-hydrogen) atoms. The van der Waals surface area contributed by atoms with Crippen molar-refractivity contribution in [3.05, 3.63) is 59.6 Å². The number of hydrogen-bond acceptors (Lipinski definition) is 4. The van der Waals surface area contributed by atoms with Crippen LogP contribution in [0.5, 0.6) is 0 Å². The molecule has 0 aliphatic heterocycles. The maximum Gasteiger partial charge on any atom is 0.224 e. The molecule has 5 heteroatoms. The van der Waals surface area contributed by atoms with E-state index < -0.39 is 0 Å². The van der Waals surface area contributed by atoms with Crippen LogP contribution in [-0.2, 0) is 0 Å². The van der Waals surface area contributed by atoms with E-state index in [0.717, 1.165) is 22.3 Å². The number of anilines is 1. The highest BCUT2D eigenvalue weighted by Crippen LogP contribution is 2.25. The van der Waals surface area contributed by atoms with Gasteiger partial charge in [-0.1, -0.05) is 18.2 Å². The van der Waals surface area contributed by atoms with Crippen molar-refractivity contribution in [3.8, 4) is 0 Å². The van der Waals surface area contributed by atoms with E-state index in [1.54, 1.807) is 6.20 Å². The van der Waals surface area contributed by atoms with Gasteiger partial charge in [-0.25, -0.2) is 9.97 Å². The minimum atomic E-state index is 0.0815. The van der Waals surface area contributed by atoms with E-state index in [9.17, 15) is 0 Å². The molecule has 1 atom stereocenters. The van der Waals surface area contributed by atoms with E-state index in [4.69, 9.17) is 11.6 Å². The molecule has 4 nitrogen and oxygen atoms in total. The van der Waals surface area contributed by atoms with Crippen molar-refractivity contribution in [3.63, 3.8) is 0 Å². The van der Waals surface area contributed by atoms with Gasteiger partial charge in [0.2, 0.25) is 5.28 Å². The zero-order chi connectivity index (χ0) is 13.9. The molecular formula is C15H13ClN4. The van der Waals surface area contributed by atoms with Crippen molar-refractivity contribution in [2.45, 2.75) is 13.0 Å². The zero-order valence-corrected chi connectivity index (χ0v) is 11.7. The lowest BCUT2D eigenvalue weighted by molar-refractivity contribution is 0.867. The van der Waals surface area contributed by atoms with Gasteiger partial charge in [-0.05, 0) is 42.3 Å². The molecule has 100 valence electrons. The van der Waals surface area contributed by atoms with Crippen molar-refractivity contribution in [2.24, 2.45) is 0 Å². The summed E-state index contributed by atoms with van der Waals surface area (Å²) in [6.45, 7) is 2.06. The number of aromatic nitrogens is 3. The Bertz CT molecular complexity index is 730. The van der Waals surface area contributed by atoms with Crippen LogP contribution in [0.25, 0.3) is 10.9 Å². The average molecular weight is 285 g/mol. The second-order valence-electron chi connectivity index (χ2n) is 4.51. The van der Waals surface area contributed by atoms with Crippen LogP contribution in [-0.4, -0.2) is 15.0 Å². The Labute approximate surface area is 121 Å². The third-order valence-corrected chi connectivity index (χ3v) is 3.28. The molecule has 0 radical (unpaired) electrons. The average Bonchev–Trinajstić information content (AvgIpc) is 2.48. The van der Waals surface area contributed by atoms with Crippen LogP contribution in [0.3, 0.4) is 0 Å². The van der Waals surface area contributed by atoms with Gasteiger partial charge in [-0.15, -0.1) is 0 Å². The minimum absolute atomic E-state index is 0.0815. The van der Waals surface area contributed by atoms with Gasteiger partial charge in [0.05, 0.1) is 11.6 Å². The first-order chi connectivity index (χ1) is 9.74. The lowest BCUT2D eigenvalue weighted by atomic mass is 10.1. The Balaban J connectivity index is 1.98. The van der Waals surface area contributed by atoms with Gasteiger partial charge < -0.3 is 5.32 Å². The summed E-state index contributed by atoms with van der Waals surface area (Å²) in [5, 5.41) is 4.56. The number of fused-ring (bicyclic) bond motifs is 1. The fraction of sp³-hybridized carbons (Fsp3) is 0.133. The Morgan fingerprint density at radius 2 is 1.95 bits per heavy atom. The van der Waals surface area contributed by atoms with Gasteiger partial charge in [0, 0.05) is 17.8 Å². The molecule has 0 aliphatic carbocycles. The highest BCUT2D eigenvalue weighted by molar-refractivity contribution is 6.28. The number of halogens is 1. The minimum Gasteiger partial charge on any atom is -0.363 e. The standard InChI is InChI=1S/C15H13ClN4/c1-10(11-5-4-8-17-9-11)18-14-12-6-2-3-7-13(12)19-15(16)20-14/h2-10H,1H3,(H,18,19,20). The maximum atomic E-state index is 5.98. The number of nitrogens with zero attached hydrogens (tertiary/aromatic N) is 3. The first-order valence-corrected chi connectivity index (χ1v) is 6.70. The summed E-state index contributed by atoms with van der Waals surface area (Å²) in [6.07, 6.45) is 3.59. The van der Waals surface area contributed by atoms with Gasteiger partial charge in [0.25, 0.3) is 0 Å². The Morgan fingerprint density at radius 1 is 1.10 bits per heavy atom. The summed E-state index contributed by atoms with van der Waals surface area (Å²) in [5.41, 5.74) is 1.92. The molecule has 0 spiro atoms. The van der Waals surface area contributed by atoms with Crippen LogP contribution in [0, 0.1) is 0 Å². The highest BCUT2D eigenvalue weighted by Gasteiger charge is 2.10. The van der Waals surface area contributed by atoms with Crippen LogP contribution >= 0.6 is 11.6 Å². The number of benzene rings is 1. The molecule has 1 aromatic carbocycles. The molecule has 0 saturated heterocycles. The molecule has 0 bridgehead atoms. The van der Waals surface area contributed by atoms with Crippen molar-refractivity contribution in [1.29, 1.82) is 0 Å². The lowest BCUT2D eigenvalue weighted by Gasteiger charge is -2.16. The fourth-order valence-corrected chi connectivity index (χ4v) is 2.25. The molecule has 0 fully saturated rings. The number of pyridine rings is 1. The quantitative estimate of drug-likeness (QED) is 0.742. The summed E-state index contributed by atoms with van der Waals surface area (Å²) >= 11 is 5.98. The zero-order valence-electron chi connectivity index (χ0n) is 10.9. The van der Waals surface area contributed by atoms with Gasteiger partial charge in [-0.2, -0.15) is 0 Å². The Kier molecular flexibility index (Phi) is 3.48. The largest absolute Gasteiger partial charge is 0.363 e. The monoisotopic (exact) mass is 284 g/mol. The normalized spacial score (nSPS) is 12.3. The van der Waals surface area contributed by atoms with E-state index in [1.165, 1.54) is 0 Å². The molecular weight excluding hydrogens is 272 g/mol. The van der Waals surface area contributed by atoms with Crippen LogP contribution in [0.15, 0.2) is 48.8 Å². The maximum absolute atomic E-state index is 5.98. The number of hydrogen-bond donors (Lipinski definition) is 1. The lowest BCUT2D eigenvalue weighted by Crippen LogP contribution is -2.09. The van der Waals surface area contributed by atoms with Gasteiger partial charge in [-0.3, -0.25) is 4.98 Å². The molecule has 0 saturated carbocycles. The summed E-state index contributed by atoms with van der Waals surface area (Å²) < 4.78 is 0. The van der Waals surface area contributed by atoms with Gasteiger partial charge in [0.15, 0.2) is 0 Å². The topological polar surface area (TPSA) is 50.7 Å².